The lowest BCUT2D eigenvalue weighted by Gasteiger charge is -2.40. The molecule has 2 heterocycles. The number of piperidine rings is 1. The maximum absolute atomic E-state index is 12.0. The standard InChI is InChI=1S/C21H25N3O3/c22-18(25)17-9-5-13-23-19(17)24-14-11-21(12-15-24,20(26)27)10-4-8-16-6-2-1-3-7-16/h1-3,5-7,9,13H,4,8,10-12,14-15H2,(H2,22,25)(H,26,27). The lowest BCUT2D eigenvalue weighted by molar-refractivity contribution is -0.151. The van der Waals surface area contributed by atoms with E-state index >= 15 is 0 Å². The molecule has 1 saturated heterocycles. The molecular formula is C21H25N3O3. The molecule has 27 heavy (non-hydrogen) atoms. The smallest absolute Gasteiger partial charge is 0.309 e. The van der Waals surface area contributed by atoms with Gasteiger partial charge < -0.3 is 15.7 Å². The number of aromatic nitrogens is 1. The molecule has 6 heteroatoms. The zero-order chi connectivity index (χ0) is 19.3. The predicted molar refractivity (Wildman–Crippen MR) is 104 cm³/mol. The lowest BCUT2D eigenvalue weighted by atomic mass is 9.74. The number of aliphatic carboxylic acids is 1. The highest BCUT2D eigenvalue weighted by Gasteiger charge is 2.41. The van der Waals surface area contributed by atoms with E-state index in [1.807, 2.05) is 23.1 Å². The number of carbonyl (C=O) groups is 2. The van der Waals surface area contributed by atoms with Crippen molar-refractivity contribution in [3.05, 3.63) is 59.8 Å². The summed E-state index contributed by atoms with van der Waals surface area (Å²) in [5, 5.41) is 9.88. The Morgan fingerprint density at radius 1 is 1.11 bits per heavy atom. The van der Waals surface area contributed by atoms with Gasteiger partial charge >= 0.3 is 5.97 Å². The first-order valence-corrected chi connectivity index (χ1v) is 9.29. The summed E-state index contributed by atoms with van der Waals surface area (Å²) >= 11 is 0. The summed E-state index contributed by atoms with van der Waals surface area (Å²) in [6.07, 6.45) is 5.06. The second-order valence-corrected chi connectivity index (χ2v) is 7.15. The molecule has 1 aromatic heterocycles. The number of amides is 1. The molecule has 3 N–H and O–H groups in total. The van der Waals surface area contributed by atoms with Crippen molar-refractivity contribution in [2.24, 2.45) is 11.1 Å². The molecule has 0 atom stereocenters. The third-order valence-electron chi connectivity index (χ3n) is 5.49. The van der Waals surface area contributed by atoms with Gasteiger partial charge in [-0.05, 0) is 49.8 Å². The molecule has 6 nitrogen and oxygen atoms in total. The SMILES string of the molecule is NC(=O)c1cccnc1N1CCC(CCCc2ccccc2)(C(=O)O)CC1. The van der Waals surface area contributed by atoms with E-state index < -0.39 is 17.3 Å². The quantitative estimate of drug-likeness (QED) is 0.784. The molecule has 1 aliphatic rings. The minimum atomic E-state index is -0.730. The number of rotatable bonds is 7. The number of benzene rings is 1. The third kappa shape index (κ3) is 4.27. The molecule has 0 saturated carbocycles. The van der Waals surface area contributed by atoms with Gasteiger partial charge in [0.05, 0.1) is 11.0 Å². The number of hydrogen-bond donors (Lipinski definition) is 2. The van der Waals surface area contributed by atoms with Crippen molar-refractivity contribution in [2.75, 3.05) is 18.0 Å². The molecule has 1 fully saturated rings. The maximum Gasteiger partial charge on any atom is 0.309 e. The van der Waals surface area contributed by atoms with Crippen LogP contribution in [0.5, 0.6) is 0 Å². The Morgan fingerprint density at radius 3 is 2.44 bits per heavy atom. The molecule has 2 aromatic rings. The van der Waals surface area contributed by atoms with E-state index in [9.17, 15) is 14.7 Å². The number of pyridine rings is 1. The van der Waals surface area contributed by atoms with Crippen LogP contribution in [0.3, 0.4) is 0 Å². The molecular weight excluding hydrogens is 342 g/mol. The van der Waals surface area contributed by atoms with E-state index in [0.29, 0.717) is 43.7 Å². The number of hydrogen-bond acceptors (Lipinski definition) is 4. The van der Waals surface area contributed by atoms with Crippen LogP contribution in [-0.4, -0.2) is 35.1 Å². The summed E-state index contributed by atoms with van der Waals surface area (Å²) in [5.74, 6) is -0.698. The van der Waals surface area contributed by atoms with E-state index in [4.69, 9.17) is 5.73 Å². The Kier molecular flexibility index (Phi) is 5.74. The number of aryl methyl sites for hydroxylation is 1. The number of carboxylic acid groups (broad SMARTS) is 1. The van der Waals surface area contributed by atoms with Gasteiger partial charge in [-0.2, -0.15) is 0 Å². The number of nitrogens with two attached hydrogens (primary N) is 1. The normalized spacial score (nSPS) is 16.1. The fourth-order valence-electron chi connectivity index (χ4n) is 3.83. The second-order valence-electron chi connectivity index (χ2n) is 7.15. The number of nitrogens with zero attached hydrogens (tertiary/aromatic N) is 2. The molecule has 142 valence electrons. The monoisotopic (exact) mass is 367 g/mol. The highest BCUT2D eigenvalue weighted by molar-refractivity contribution is 5.97. The Hall–Kier alpha value is -2.89. The summed E-state index contributed by atoms with van der Waals surface area (Å²) < 4.78 is 0. The minimum absolute atomic E-state index is 0.379. The Bertz CT molecular complexity index is 799. The van der Waals surface area contributed by atoms with Crippen LogP contribution in [-0.2, 0) is 11.2 Å². The first kappa shape index (κ1) is 18.9. The van der Waals surface area contributed by atoms with Crippen LogP contribution < -0.4 is 10.6 Å². The lowest BCUT2D eigenvalue weighted by Crippen LogP contribution is -2.45. The van der Waals surface area contributed by atoms with E-state index in [1.165, 1.54) is 5.56 Å². The van der Waals surface area contributed by atoms with Crippen LogP contribution in [0.2, 0.25) is 0 Å². The van der Waals surface area contributed by atoms with Gasteiger partial charge in [-0.25, -0.2) is 4.98 Å². The van der Waals surface area contributed by atoms with E-state index in [2.05, 4.69) is 17.1 Å². The van der Waals surface area contributed by atoms with Crippen LogP contribution >= 0.6 is 0 Å². The molecule has 0 radical (unpaired) electrons. The maximum atomic E-state index is 12.0. The highest BCUT2D eigenvalue weighted by Crippen LogP contribution is 2.38. The van der Waals surface area contributed by atoms with Crippen molar-refractivity contribution >= 4 is 17.7 Å². The summed E-state index contributed by atoms with van der Waals surface area (Å²) in [6, 6.07) is 13.5. The van der Waals surface area contributed by atoms with E-state index in [1.54, 1.807) is 18.3 Å². The predicted octanol–water partition coefficient (Wildman–Crippen LogP) is 2.87. The Balaban J connectivity index is 1.65. The van der Waals surface area contributed by atoms with Gasteiger partial charge in [0.2, 0.25) is 0 Å². The Labute approximate surface area is 159 Å². The summed E-state index contributed by atoms with van der Waals surface area (Å²) in [4.78, 5) is 29.9. The Morgan fingerprint density at radius 2 is 1.81 bits per heavy atom. The number of anilines is 1. The van der Waals surface area contributed by atoms with Crippen molar-refractivity contribution in [1.29, 1.82) is 0 Å². The zero-order valence-electron chi connectivity index (χ0n) is 15.3. The number of primary amides is 1. The van der Waals surface area contributed by atoms with Crippen LogP contribution in [0.4, 0.5) is 5.82 Å². The molecule has 1 aliphatic heterocycles. The van der Waals surface area contributed by atoms with Crippen LogP contribution in [0.1, 0.15) is 41.6 Å². The fraction of sp³-hybridized carbons (Fsp3) is 0.381. The average molecular weight is 367 g/mol. The van der Waals surface area contributed by atoms with Gasteiger partial charge in [-0.1, -0.05) is 30.3 Å². The van der Waals surface area contributed by atoms with Gasteiger partial charge in [0.1, 0.15) is 5.82 Å². The molecule has 0 unspecified atom stereocenters. The van der Waals surface area contributed by atoms with Gasteiger partial charge in [0.25, 0.3) is 5.91 Å². The molecule has 3 rings (SSSR count). The van der Waals surface area contributed by atoms with Gasteiger partial charge in [0, 0.05) is 19.3 Å². The number of carbonyl (C=O) groups excluding carboxylic acids is 1. The minimum Gasteiger partial charge on any atom is -0.481 e. The van der Waals surface area contributed by atoms with Gasteiger partial charge in [0.15, 0.2) is 0 Å². The largest absolute Gasteiger partial charge is 0.481 e. The first-order chi connectivity index (χ1) is 13.0. The average Bonchev–Trinajstić information content (AvgIpc) is 2.69. The zero-order valence-corrected chi connectivity index (χ0v) is 15.3. The summed E-state index contributed by atoms with van der Waals surface area (Å²) in [6.45, 7) is 1.10. The van der Waals surface area contributed by atoms with Crippen molar-refractivity contribution < 1.29 is 14.7 Å². The second kappa shape index (κ2) is 8.20. The van der Waals surface area contributed by atoms with Crippen molar-refractivity contribution in [1.82, 2.24) is 4.98 Å². The van der Waals surface area contributed by atoms with Crippen LogP contribution in [0.15, 0.2) is 48.7 Å². The molecule has 1 amide bonds. The van der Waals surface area contributed by atoms with Gasteiger partial charge in [-0.3, -0.25) is 9.59 Å². The van der Waals surface area contributed by atoms with Crippen molar-refractivity contribution in [3.8, 4) is 0 Å². The van der Waals surface area contributed by atoms with Gasteiger partial charge in [-0.15, -0.1) is 0 Å². The van der Waals surface area contributed by atoms with Crippen LogP contribution in [0, 0.1) is 5.41 Å². The number of carboxylic acids is 1. The molecule has 0 aliphatic carbocycles. The topological polar surface area (TPSA) is 96.5 Å². The van der Waals surface area contributed by atoms with E-state index in [-0.39, 0.29) is 0 Å². The third-order valence-corrected chi connectivity index (χ3v) is 5.49. The fourth-order valence-corrected chi connectivity index (χ4v) is 3.83. The van der Waals surface area contributed by atoms with Crippen LogP contribution in [0.25, 0.3) is 0 Å². The van der Waals surface area contributed by atoms with E-state index in [0.717, 1.165) is 12.8 Å². The highest BCUT2D eigenvalue weighted by atomic mass is 16.4. The first-order valence-electron chi connectivity index (χ1n) is 9.29. The van der Waals surface area contributed by atoms with Crippen molar-refractivity contribution in [3.63, 3.8) is 0 Å². The molecule has 0 spiro atoms. The summed E-state index contributed by atoms with van der Waals surface area (Å²) in [7, 11) is 0. The molecule has 1 aromatic carbocycles. The molecule has 0 bridgehead atoms. The van der Waals surface area contributed by atoms with Crippen molar-refractivity contribution in [2.45, 2.75) is 32.1 Å². The summed E-state index contributed by atoms with van der Waals surface area (Å²) in [5.41, 5.74) is 6.34.